The topological polar surface area (TPSA) is 47.3 Å². The summed E-state index contributed by atoms with van der Waals surface area (Å²) in [5.74, 6) is 0. The first-order valence-corrected chi connectivity index (χ1v) is 3.29. The van der Waals surface area contributed by atoms with Gasteiger partial charge in [-0.2, -0.15) is 0 Å². The number of nitrogens with one attached hydrogen (secondary N) is 1. The van der Waals surface area contributed by atoms with E-state index in [1.165, 1.54) is 0 Å². The van der Waals surface area contributed by atoms with Crippen molar-refractivity contribution in [2.24, 2.45) is 5.73 Å². The molecule has 1 aliphatic heterocycles. The van der Waals surface area contributed by atoms with Gasteiger partial charge in [-0.1, -0.05) is 0 Å². The van der Waals surface area contributed by atoms with E-state index in [0.29, 0.717) is 0 Å². The average molecular weight is 130 g/mol. The van der Waals surface area contributed by atoms with E-state index in [1.54, 1.807) is 0 Å². The molecule has 2 atom stereocenters. The smallest absolute Gasteiger partial charge is 0.129 e. The third-order valence-corrected chi connectivity index (χ3v) is 1.83. The summed E-state index contributed by atoms with van der Waals surface area (Å²) < 4.78 is 5.29. The van der Waals surface area contributed by atoms with Gasteiger partial charge in [0.05, 0.1) is 6.61 Å². The highest BCUT2D eigenvalue weighted by Crippen LogP contribution is 2.10. The lowest BCUT2D eigenvalue weighted by Crippen LogP contribution is -2.60. The maximum Gasteiger partial charge on any atom is 0.129 e. The fraction of sp³-hybridized carbons (Fsp3) is 1.00. The molecule has 3 nitrogen and oxygen atoms in total. The van der Waals surface area contributed by atoms with Crippen molar-refractivity contribution in [1.82, 2.24) is 5.32 Å². The Morgan fingerprint density at radius 3 is 2.78 bits per heavy atom. The van der Waals surface area contributed by atoms with E-state index in [-0.39, 0.29) is 6.04 Å². The zero-order valence-electron chi connectivity index (χ0n) is 5.98. The van der Waals surface area contributed by atoms with Crippen LogP contribution in [0.25, 0.3) is 0 Å². The van der Waals surface area contributed by atoms with Crippen molar-refractivity contribution in [2.45, 2.75) is 25.6 Å². The molecule has 1 fully saturated rings. The molecule has 0 bridgehead atoms. The normalized spacial score (nSPS) is 45.0. The van der Waals surface area contributed by atoms with Crippen LogP contribution < -0.4 is 11.1 Å². The van der Waals surface area contributed by atoms with Gasteiger partial charge in [0, 0.05) is 12.6 Å². The van der Waals surface area contributed by atoms with E-state index >= 15 is 0 Å². The predicted octanol–water partition coefficient (Wildman–Crippen LogP) is -0.330. The Labute approximate surface area is 55.6 Å². The number of hydrogen-bond donors (Lipinski definition) is 2. The van der Waals surface area contributed by atoms with Crippen molar-refractivity contribution >= 4 is 0 Å². The van der Waals surface area contributed by atoms with Crippen molar-refractivity contribution in [3.05, 3.63) is 0 Å². The molecule has 0 amide bonds. The molecule has 1 heterocycles. The quantitative estimate of drug-likeness (QED) is 0.472. The SMILES string of the molecule is CC1NCCOC1(C)N. The molecule has 0 spiro atoms. The summed E-state index contributed by atoms with van der Waals surface area (Å²) in [7, 11) is 0. The fourth-order valence-electron chi connectivity index (χ4n) is 0.874. The minimum atomic E-state index is -0.474. The molecule has 54 valence electrons. The van der Waals surface area contributed by atoms with Gasteiger partial charge >= 0.3 is 0 Å². The largest absolute Gasteiger partial charge is 0.358 e. The minimum absolute atomic E-state index is 0.256. The van der Waals surface area contributed by atoms with Crippen molar-refractivity contribution in [1.29, 1.82) is 0 Å². The lowest BCUT2D eigenvalue weighted by atomic mass is 10.1. The summed E-state index contributed by atoms with van der Waals surface area (Å²) in [6, 6.07) is 0.256. The highest BCUT2D eigenvalue weighted by molar-refractivity contribution is 4.83. The van der Waals surface area contributed by atoms with Gasteiger partial charge in [-0.05, 0) is 13.8 Å². The van der Waals surface area contributed by atoms with Gasteiger partial charge in [0.1, 0.15) is 5.72 Å². The van der Waals surface area contributed by atoms with Crippen LogP contribution in [0.3, 0.4) is 0 Å². The number of rotatable bonds is 0. The van der Waals surface area contributed by atoms with Crippen LogP contribution in [0.5, 0.6) is 0 Å². The summed E-state index contributed by atoms with van der Waals surface area (Å²) in [5.41, 5.74) is 5.26. The molecule has 1 aliphatic rings. The number of nitrogens with two attached hydrogens (primary N) is 1. The Morgan fingerprint density at radius 1 is 1.78 bits per heavy atom. The first-order valence-electron chi connectivity index (χ1n) is 3.29. The first kappa shape index (κ1) is 6.99. The summed E-state index contributed by atoms with van der Waals surface area (Å²) in [6.07, 6.45) is 0. The van der Waals surface area contributed by atoms with E-state index in [9.17, 15) is 0 Å². The van der Waals surface area contributed by atoms with Crippen LogP contribution >= 0.6 is 0 Å². The van der Waals surface area contributed by atoms with Gasteiger partial charge in [-0.3, -0.25) is 0 Å². The molecular formula is C6H14N2O. The van der Waals surface area contributed by atoms with Gasteiger partial charge in [0.15, 0.2) is 0 Å². The van der Waals surface area contributed by atoms with Crippen LogP contribution in [0, 0.1) is 0 Å². The molecule has 2 unspecified atom stereocenters. The Balaban J connectivity index is 2.49. The van der Waals surface area contributed by atoms with Crippen molar-refractivity contribution in [2.75, 3.05) is 13.2 Å². The van der Waals surface area contributed by atoms with E-state index in [0.717, 1.165) is 13.2 Å². The average Bonchev–Trinajstić information content (AvgIpc) is 1.77. The Hall–Kier alpha value is -0.120. The highest BCUT2D eigenvalue weighted by Gasteiger charge is 2.29. The molecule has 1 rings (SSSR count). The summed E-state index contributed by atoms with van der Waals surface area (Å²) >= 11 is 0. The van der Waals surface area contributed by atoms with Crippen LogP contribution in [-0.2, 0) is 4.74 Å². The van der Waals surface area contributed by atoms with E-state index in [1.807, 2.05) is 13.8 Å². The van der Waals surface area contributed by atoms with Crippen LogP contribution in [-0.4, -0.2) is 24.9 Å². The highest BCUT2D eigenvalue weighted by atomic mass is 16.5. The molecule has 0 aromatic rings. The van der Waals surface area contributed by atoms with Gasteiger partial charge < -0.3 is 15.8 Å². The number of morpholine rings is 1. The molecule has 0 radical (unpaired) electrons. The van der Waals surface area contributed by atoms with Crippen LogP contribution in [0.15, 0.2) is 0 Å². The molecular weight excluding hydrogens is 116 g/mol. The molecule has 0 aliphatic carbocycles. The number of hydrogen-bond acceptors (Lipinski definition) is 3. The predicted molar refractivity (Wildman–Crippen MR) is 36.0 cm³/mol. The minimum Gasteiger partial charge on any atom is -0.358 e. The van der Waals surface area contributed by atoms with Crippen LogP contribution in [0.2, 0.25) is 0 Å². The molecule has 0 aromatic heterocycles. The summed E-state index contributed by atoms with van der Waals surface area (Å²) in [5, 5.41) is 3.22. The monoisotopic (exact) mass is 130 g/mol. The maximum absolute atomic E-state index is 5.74. The van der Waals surface area contributed by atoms with Crippen molar-refractivity contribution in [3.8, 4) is 0 Å². The fourth-order valence-corrected chi connectivity index (χ4v) is 0.874. The third kappa shape index (κ3) is 1.41. The molecule has 3 heteroatoms. The summed E-state index contributed by atoms with van der Waals surface area (Å²) in [6.45, 7) is 5.55. The Morgan fingerprint density at radius 2 is 2.44 bits per heavy atom. The van der Waals surface area contributed by atoms with Gasteiger partial charge in [-0.15, -0.1) is 0 Å². The number of ether oxygens (including phenoxy) is 1. The van der Waals surface area contributed by atoms with Gasteiger partial charge in [0.25, 0.3) is 0 Å². The zero-order chi connectivity index (χ0) is 6.91. The van der Waals surface area contributed by atoms with Gasteiger partial charge in [-0.25, -0.2) is 0 Å². The lowest BCUT2D eigenvalue weighted by Gasteiger charge is -2.36. The van der Waals surface area contributed by atoms with Gasteiger partial charge in [0.2, 0.25) is 0 Å². The maximum atomic E-state index is 5.74. The molecule has 1 saturated heterocycles. The summed E-state index contributed by atoms with van der Waals surface area (Å²) in [4.78, 5) is 0. The Kier molecular flexibility index (Phi) is 1.75. The van der Waals surface area contributed by atoms with Crippen molar-refractivity contribution < 1.29 is 4.74 Å². The lowest BCUT2D eigenvalue weighted by molar-refractivity contribution is -0.0750. The van der Waals surface area contributed by atoms with Crippen LogP contribution in [0.4, 0.5) is 0 Å². The van der Waals surface area contributed by atoms with Crippen LogP contribution in [0.1, 0.15) is 13.8 Å². The van der Waals surface area contributed by atoms with E-state index < -0.39 is 5.72 Å². The first-order chi connectivity index (χ1) is 4.13. The second-order valence-corrected chi connectivity index (χ2v) is 2.71. The third-order valence-electron chi connectivity index (χ3n) is 1.83. The Bertz CT molecular complexity index is 103. The van der Waals surface area contributed by atoms with E-state index in [2.05, 4.69) is 5.32 Å². The van der Waals surface area contributed by atoms with E-state index in [4.69, 9.17) is 10.5 Å². The zero-order valence-corrected chi connectivity index (χ0v) is 5.98. The molecule has 0 aromatic carbocycles. The van der Waals surface area contributed by atoms with Crippen molar-refractivity contribution in [3.63, 3.8) is 0 Å². The second kappa shape index (κ2) is 2.25. The molecule has 0 saturated carbocycles. The standard InChI is InChI=1S/C6H14N2O/c1-5-6(2,7)9-4-3-8-5/h5,8H,3-4,7H2,1-2H3. The molecule has 3 N–H and O–H groups in total. The molecule has 9 heavy (non-hydrogen) atoms. The second-order valence-electron chi connectivity index (χ2n) is 2.71.